The zero-order valence-electron chi connectivity index (χ0n) is 11.2. The van der Waals surface area contributed by atoms with Crippen LogP contribution in [0.25, 0.3) is 0 Å². The molecule has 0 saturated carbocycles. The average Bonchev–Trinajstić information content (AvgIpc) is 2.84. The van der Waals surface area contributed by atoms with Gasteiger partial charge >= 0.3 is 0 Å². The number of hydrogen-bond acceptors (Lipinski definition) is 5. The van der Waals surface area contributed by atoms with Crippen LogP contribution < -0.4 is 18.9 Å². The first kappa shape index (κ1) is 13.3. The molecule has 0 saturated heterocycles. The number of benzene rings is 1. The van der Waals surface area contributed by atoms with Crippen molar-refractivity contribution in [2.45, 2.75) is 13.3 Å². The Morgan fingerprint density at radius 3 is 2.68 bits per heavy atom. The van der Waals surface area contributed by atoms with Crippen LogP contribution in [0.4, 0.5) is 0 Å². The number of ketones is 1. The van der Waals surface area contributed by atoms with Crippen molar-refractivity contribution in [3.8, 4) is 23.0 Å². The number of carbonyl (C=O) groups is 1. The number of methoxy groups -OCH3 is 2. The quantitative estimate of drug-likeness (QED) is 0.762. The van der Waals surface area contributed by atoms with Gasteiger partial charge in [-0.05, 0) is 25.5 Å². The Morgan fingerprint density at radius 2 is 2.05 bits per heavy atom. The molecule has 0 bridgehead atoms. The van der Waals surface area contributed by atoms with E-state index in [1.54, 1.807) is 20.3 Å². The van der Waals surface area contributed by atoms with Gasteiger partial charge in [-0.2, -0.15) is 0 Å². The van der Waals surface area contributed by atoms with Gasteiger partial charge in [-0.3, -0.25) is 4.79 Å². The highest BCUT2D eigenvalue weighted by molar-refractivity contribution is 5.87. The molecule has 5 heteroatoms. The maximum absolute atomic E-state index is 10.9. The number of fused-ring (bicyclic) bond motifs is 1. The van der Waals surface area contributed by atoms with Gasteiger partial charge in [0.15, 0.2) is 17.3 Å². The Hall–Kier alpha value is -2.17. The van der Waals surface area contributed by atoms with Gasteiger partial charge in [0, 0.05) is 5.56 Å². The van der Waals surface area contributed by atoms with Crippen LogP contribution in [0.15, 0.2) is 18.2 Å². The second-order valence-electron chi connectivity index (χ2n) is 4.05. The Bertz CT molecular complexity index is 519. The molecule has 1 aromatic rings. The van der Waals surface area contributed by atoms with Crippen molar-refractivity contribution in [3.05, 3.63) is 23.8 Å². The fourth-order valence-electron chi connectivity index (χ4n) is 1.96. The van der Waals surface area contributed by atoms with Gasteiger partial charge < -0.3 is 18.9 Å². The van der Waals surface area contributed by atoms with Crippen molar-refractivity contribution in [2.75, 3.05) is 21.0 Å². The molecule has 5 nitrogen and oxygen atoms in total. The van der Waals surface area contributed by atoms with Crippen LogP contribution in [0.3, 0.4) is 0 Å². The fourth-order valence-corrected chi connectivity index (χ4v) is 1.96. The standard InChI is InChI=1S/C14H16O5/c1-9(15)5-4-6-10-7-11-13(19-8-18-11)14(17-3)12(10)16-2/h4-5,7H,6,8H2,1-3H3/b5-4+. The van der Waals surface area contributed by atoms with Crippen LogP contribution >= 0.6 is 0 Å². The number of allylic oxidation sites excluding steroid dienone is 2. The van der Waals surface area contributed by atoms with E-state index in [2.05, 4.69) is 0 Å². The van der Waals surface area contributed by atoms with E-state index < -0.39 is 0 Å². The van der Waals surface area contributed by atoms with Gasteiger partial charge in [-0.25, -0.2) is 0 Å². The normalized spacial score (nSPS) is 12.8. The summed E-state index contributed by atoms with van der Waals surface area (Å²) in [6.45, 7) is 1.68. The largest absolute Gasteiger partial charge is 0.492 e. The minimum Gasteiger partial charge on any atom is -0.492 e. The summed E-state index contributed by atoms with van der Waals surface area (Å²) in [4.78, 5) is 10.9. The molecular weight excluding hydrogens is 248 g/mol. The lowest BCUT2D eigenvalue weighted by atomic mass is 10.1. The SMILES string of the molecule is COc1c(C/C=C/C(C)=O)cc2c(c1OC)OCO2. The van der Waals surface area contributed by atoms with E-state index in [0.29, 0.717) is 29.4 Å². The minimum absolute atomic E-state index is 0.00618. The molecule has 0 unspecified atom stereocenters. The molecule has 1 aromatic carbocycles. The molecule has 102 valence electrons. The maximum Gasteiger partial charge on any atom is 0.231 e. The number of ether oxygens (including phenoxy) is 4. The monoisotopic (exact) mass is 264 g/mol. The van der Waals surface area contributed by atoms with Crippen LogP contribution in [-0.2, 0) is 11.2 Å². The second-order valence-corrected chi connectivity index (χ2v) is 4.05. The Kier molecular flexibility index (Phi) is 3.94. The zero-order chi connectivity index (χ0) is 13.8. The van der Waals surface area contributed by atoms with E-state index in [1.807, 2.05) is 6.07 Å². The molecule has 0 radical (unpaired) electrons. The van der Waals surface area contributed by atoms with Crippen molar-refractivity contribution in [1.82, 2.24) is 0 Å². The predicted octanol–water partition coefficient (Wildman–Crippen LogP) is 2.12. The summed E-state index contributed by atoms with van der Waals surface area (Å²) in [5.74, 6) is 2.30. The number of carbonyl (C=O) groups excluding carboxylic acids is 1. The summed E-state index contributed by atoms with van der Waals surface area (Å²) in [6, 6.07) is 1.84. The Labute approximate surface area is 111 Å². The molecule has 1 aliphatic rings. The molecule has 0 fully saturated rings. The fraction of sp³-hybridized carbons (Fsp3) is 0.357. The number of rotatable bonds is 5. The van der Waals surface area contributed by atoms with Crippen molar-refractivity contribution < 1.29 is 23.7 Å². The number of hydrogen-bond donors (Lipinski definition) is 0. The van der Waals surface area contributed by atoms with Gasteiger partial charge in [0.05, 0.1) is 14.2 Å². The molecule has 19 heavy (non-hydrogen) atoms. The highest BCUT2D eigenvalue weighted by atomic mass is 16.7. The topological polar surface area (TPSA) is 54.0 Å². The van der Waals surface area contributed by atoms with Crippen LogP contribution in [0, 0.1) is 0 Å². The van der Waals surface area contributed by atoms with Crippen LogP contribution in [-0.4, -0.2) is 26.8 Å². The Balaban J connectivity index is 2.40. The van der Waals surface area contributed by atoms with Gasteiger partial charge in [0.1, 0.15) is 0 Å². The minimum atomic E-state index is 0.00618. The molecule has 2 rings (SSSR count). The average molecular weight is 264 g/mol. The lowest BCUT2D eigenvalue weighted by Gasteiger charge is -2.13. The highest BCUT2D eigenvalue weighted by Gasteiger charge is 2.25. The molecule has 1 heterocycles. The third-order valence-electron chi connectivity index (χ3n) is 2.75. The molecule has 0 atom stereocenters. The third-order valence-corrected chi connectivity index (χ3v) is 2.75. The summed E-state index contributed by atoms with van der Waals surface area (Å²) in [6.07, 6.45) is 3.86. The predicted molar refractivity (Wildman–Crippen MR) is 69.2 cm³/mol. The van der Waals surface area contributed by atoms with E-state index in [4.69, 9.17) is 18.9 Å². The molecule has 0 aromatic heterocycles. The summed E-state index contributed by atoms with van der Waals surface area (Å²) < 4.78 is 21.4. The van der Waals surface area contributed by atoms with E-state index >= 15 is 0 Å². The van der Waals surface area contributed by atoms with Gasteiger partial charge in [0.25, 0.3) is 0 Å². The van der Waals surface area contributed by atoms with Gasteiger partial charge in [-0.1, -0.05) is 6.08 Å². The first-order chi connectivity index (χ1) is 9.17. The third kappa shape index (κ3) is 2.65. The molecule has 1 aliphatic heterocycles. The van der Waals surface area contributed by atoms with E-state index in [9.17, 15) is 4.79 Å². The Morgan fingerprint density at radius 1 is 1.32 bits per heavy atom. The van der Waals surface area contributed by atoms with Crippen molar-refractivity contribution >= 4 is 5.78 Å². The smallest absolute Gasteiger partial charge is 0.231 e. The van der Waals surface area contributed by atoms with Crippen LogP contribution in [0.1, 0.15) is 12.5 Å². The van der Waals surface area contributed by atoms with Crippen molar-refractivity contribution in [2.24, 2.45) is 0 Å². The lowest BCUT2D eigenvalue weighted by molar-refractivity contribution is -0.112. The van der Waals surface area contributed by atoms with E-state index in [0.717, 1.165) is 5.56 Å². The van der Waals surface area contributed by atoms with Crippen LogP contribution in [0.5, 0.6) is 23.0 Å². The summed E-state index contributed by atoms with van der Waals surface area (Å²) in [5.41, 5.74) is 0.876. The van der Waals surface area contributed by atoms with E-state index in [1.165, 1.54) is 13.0 Å². The molecule has 0 N–H and O–H groups in total. The molecular formula is C14H16O5. The first-order valence-electron chi connectivity index (χ1n) is 5.88. The summed E-state index contributed by atoms with van der Waals surface area (Å²) in [7, 11) is 3.12. The highest BCUT2D eigenvalue weighted by Crippen LogP contribution is 2.49. The maximum atomic E-state index is 10.9. The van der Waals surface area contributed by atoms with Gasteiger partial charge in [-0.15, -0.1) is 0 Å². The van der Waals surface area contributed by atoms with Crippen molar-refractivity contribution in [3.63, 3.8) is 0 Å². The zero-order valence-corrected chi connectivity index (χ0v) is 11.2. The molecule has 0 aliphatic carbocycles. The van der Waals surface area contributed by atoms with Gasteiger partial charge in [0.2, 0.25) is 18.3 Å². The summed E-state index contributed by atoms with van der Waals surface area (Å²) >= 11 is 0. The second kappa shape index (κ2) is 5.65. The lowest BCUT2D eigenvalue weighted by Crippen LogP contribution is -1.97. The summed E-state index contributed by atoms with van der Waals surface area (Å²) in [5, 5.41) is 0. The van der Waals surface area contributed by atoms with Crippen LogP contribution in [0.2, 0.25) is 0 Å². The van der Waals surface area contributed by atoms with Crippen molar-refractivity contribution in [1.29, 1.82) is 0 Å². The first-order valence-corrected chi connectivity index (χ1v) is 5.88. The molecule has 0 amide bonds. The molecule has 0 spiro atoms. The van der Waals surface area contributed by atoms with E-state index in [-0.39, 0.29) is 12.6 Å².